The highest BCUT2D eigenvalue weighted by molar-refractivity contribution is 7.17. The number of anilines is 3. The van der Waals surface area contributed by atoms with E-state index >= 15 is 0 Å². The molecule has 4 aromatic heterocycles. The van der Waals surface area contributed by atoms with E-state index in [4.69, 9.17) is 9.97 Å². The average molecular weight is 374 g/mol. The van der Waals surface area contributed by atoms with Gasteiger partial charge in [0.15, 0.2) is 11.6 Å². The molecule has 0 bridgehead atoms. The second-order valence-electron chi connectivity index (χ2n) is 6.47. The van der Waals surface area contributed by atoms with E-state index in [1.54, 1.807) is 23.7 Å². The maximum absolute atomic E-state index is 4.93. The van der Waals surface area contributed by atoms with Crippen molar-refractivity contribution in [2.75, 3.05) is 23.3 Å². The van der Waals surface area contributed by atoms with Crippen molar-refractivity contribution in [3.05, 3.63) is 54.2 Å². The molecule has 1 aliphatic heterocycles. The second kappa shape index (κ2) is 6.92. The summed E-state index contributed by atoms with van der Waals surface area (Å²) in [7, 11) is 0. The molecule has 0 aliphatic carbocycles. The Bertz CT molecular complexity index is 1070. The molecule has 134 valence electrons. The first-order chi connectivity index (χ1) is 13.4. The van der Waals surface area contributed by atoms with Crippen molar-refractivity contribution >= 4 is 39.0 Å². The van der Waals surface area contributed by atoms with Crippen LogP contribution in [0.3, 0.4) is 0 Å². The zero-order valence-electron chi connectivity index (χ0n) is 14.7. The van der Waals surface area contributed by atoms with Crippen molar-refractivity contribution in [3.63, 3.8) is 0 Å². The van der Waals surface area contributed by atoms with Gasteiger partial charge in [-0.15, -0.1) is 11.3 Å². The highest BCUT2D eigenvalue weighted by Crippen LogP contribution is 2.33. The van der Waals surface area contributed by atoms with E-state index in [0.717, 1.165) is 47.4 Å². The van der Waals surface area contributed by atoms with Gasteiger partial charge in [-0.25, -0.2) is 19.9 Å². The molecule has 7 heteroatoms. The molecular weight excluding hydrogens is 356 g/mol. The fraction of sp³-hybridized carbons (Fsp3) is 0.200. The van der Waals surface area contributed by atoms with Gasteiger partial charge in [0, 0.05) is 31.0 Å². The molecule has 6 nitrogen and oxygen atoms in total. The van der Waals surface area contributed by atoms with Gasteiger partial charge < -0.3 is 10.2 Å². The van der Waals surface area contributed by atoms with Gasteiger partial charge in [-0.05, 0) is 48.6 Å². The normalized spacial score (nSPS) is 14.0. The number of nitrogens with zero attached hydrogens (tertiary/aromatic N) is 5. The minimum Gasteiger partial charge on any atom is -0.355 e. The van der Waals surface area contributed by atoms with Gasteiger partial charge in [0.05, 0.1) is 10.2 Å². The van der Waals surface area contributed by atoms with Crippen LogP contribution in [0.25, 0.3) is 21.6 Å². The van der Waals surface area contributed by atoms with Gasteiger partial charge in [0.25, 0.3) is 0 Å². The van der Waals surface area contributed by atoms with E-state index in [0.29, 0.717) is 0 Å². The number of pyridine rings is 2. The van der Waals surface area contributed by atoms with Gasteiger partial charge >= 0.3 is 0 Å². The maximum atomic E-state index is 4.93. The average Bonchev–Trinajstić information content (AvgIpc) is 3.40. The predicted molar refractivity (Wildman–Crippen MR) is 110 cm³/mol. The molecule has 0 atom stereocenters. The SMILES string of the molecule is c1ccc(Nc2cc(-c3nc(N4CCCC4)c4sccc4n3)ccn2)nc1. The van der Waals surface area contributed by atoms with Crippen LogP contribution in [0.15, 0.2) is 54.2 Å². The van der Waals surface area contributed by atoms with Crippen LogP contribution in [-0.4, -0.2) is 33.0 Å². The summed E-state index contributed by atoms with van der Waals surface area (Å²) in [6.07, 6.45) is 5.97. The van der Waals surface area contributed by atoms with Crippen molar-refractivity contribution in [2.24, 2.45) is 0 Å². The number of fused-ring (bicyclic) bond motifs is 1. The molecule has 0 unspecified atom stereocenters. The fourth-order valence-electron chi connectivity index (χ4n) is 3.33. The summed E-state index contributed by atoms with van der Waals surface area (Å²) in [6.45, 7) is 2.12. The smallest absolute Gasteiger partial charge is 0.162 e. The summed E-state index contributed by atoms with van der Waals surface area (Å²) >= 11 is 1.71. The van der Waals surface area contributed by atoms with Crippen LogP contribution in [-0.2, 0) is 0 Å². The molecule has 0 radical (unpaired) electrons. The van der Waals surface area contributed by atoms with Gasteiger partial charge in [0.1, 0.15) is 11.6 Å². The summed E-state index contributed by atoms with van der Waals surface area (Å²) in [6, 6.07) is 11.7. The van der Waals surface area contributed by atoms with E-state index in [1.807, 2.05) is 30.3 Å². The molecular formula is C20H18N6S. The van der Waals surface area contributed by atoms with Gasteiger partial charge in [-0.2, -0.15) is 0 Å². The van der Waals surface area contributed by atoms with Crippen LogP contribution in [0.4, 0.5) is 17.5 Å². The number of rotatable bonds is 4. The van der Waals surface area contributed by atoms with Gasteiger partial charge in [0.2, 0.25) is 0 Å². The summed E-state index contributed by atoms with van der Waals surface area (Å²) in [5.41, 5.74) is 1.94. The van der Waals surface area contributed by atoms with E-state index < -0.39 is 0 Å². The summed E-state index contributed by atoms with van der Waals surface area (Å²) in [4.78, 5) is 20.8. The number of hydrogen-bond donors (Lipinski definition) is 1. The van der Waals surface area contributed by atoms with Crippen LogP contribution in [0.2, 0.25) is 0 Å². The fourth-order valence-corrected chi connectivity index (χ4v) is 4.17. The Morgan fingerprint density at radius 2 is 1.81 bits per heavy atom. The Kier molecular flexibility index (Phi) is 4.14. The number of aromatic nitrogens is 4. The largest absolute Gasteiger partial charge is 0.355 e. The lowest BCUT2D eigenvalue weighted by atomic mass is 10.2. The Morgan fingerprint density at radius 3 is 2.67 bits per heavy atom. The molecule has 0 aromatic carbocycles. The highest BCUT2D eigenvalue weighted by atomic mass is 32.1. The Balaban J connectivity index is 1.54. The first-order valence-corrected chi connectivity index (χ1v) is 9.89. The van der Waals surface area contributed by atoms with E-state index in [1.165, 1.54) is 17.5 Å². The lowest BCUT2D eigenvalue weighted by Crippen LogP contribution is -2.19. The van der Waals surface area contributed by atoms with Crippen LogP contribution in [0, 0.1) is 0 Å². The quantitative estimate of drug-likeness (QED) is 0.568. The molecule has 0 amide bonds. The lowest BCUT2D eigenvalue weighted by molar-refractivity contribution is 0.943. The molecule has 5 heterocycles. The summed E-state index contributed by atoms with van der Waals surface area (Å²) < 4.78 is 1.17. The number of hydrogen-bond acceptors (Lipinski definition) is 7. The predicted octanol–water partition coefficient (Wildman–Crippen LogP) is 4.49. The lowest BCUT2D eigenvalue weighted by Gasteiger charge is -2.18. The molecule has 0 spiro atoms. The third-order valence-electron chi connectivity index (χ3n) is 4.63. The molecule has 0 saturated carbocycles. The van der Waals surface area contributed by atoms with Crippen LogP contribution >= 0.6 is 11.3 Å². The molecule has 1 N–H and O–H groups in total. The monoisotopic (exact) mass is 374 g/mol. The zero-order valence-corrected chi connectivity index (χ0v) is 15.5. The van der Waals surface area contributed by atoms with Crippen LogP contribution in [0.5, 0.6) is 0 Å². The summed E-state index contributed by atoms with van der Waals surface area (Å²) in [5.74, 6) is 3.27. The number of nitrogens with one attached hydrogen (secondary N) is 1. The van der Waals surface area contributed by atoms with E-state index in [-0.39, 0.29) is 0 Å². The molecule has 4 aromatic rings. The van der Waals surface area contributed by atoms with E-state index in [2.05, 4.69) is 31.6 Å². The minimum atomic E-state index is 0.725. The second-order valence-corrected chi connectivity index (χ2v) is 7.39. The van der Waals surface area contributed by atoms with Gasteiger partial charge in [-0.3, -0.25) is 0 Å². The molecule has 27 heavy (non-hydrogen) atoms. The standard InChI is InChI=1S/C20H18N6S/c1-2-8-21-16(5-1)24-17-13-14(6-9-22-17)19-23-15-7-12-27-18(15)20(25-19)26-10-3-4-11-26/h1-2,5-9,12-13H,3-4,10-11H2,(H,21,22,24). The van der Waals surface area contributed by atoms with E-state index in [9.17, 15) is 0 Å². The molecule has 1 aliphatic rings. The first kappa shape index (κ1) is 16.1. The molecule has 1 saturated heterocycles. The summed E-state index contributed by atoms with van der Waals surface area (Å²) in [5, 5.41) is 5.32. The molecule has 1 fully saturated rings. The highest BCUT2D eigenvalue weighted by Gasteiger charge is 2.19. The van der Waals surface area contributed by atoms with Crippen molar-refractivity contribution in [2.45, 2.75) is 12.8 Å². The van der Waals surface area contributed by atoms with Crippen molar-refractivity contribution in [1.82, 2.24) is 19.9 Å². The van der Waals surface area contributed by atoms with Crippen LogP contribution in [0.1, 0.15) is 12.8 Å². The van der Waals surface area contributed by atoms with Crippen molar-refractivity contribution in [1.29, 1.82) is 0 Å². The van der Waals surface area contributed by atoms with Crippen molar-refractivity contribution in [3.8, 4) is 11.4 Å². The Labute approximate surface area is 161 Å². The zero-order chi connectivity index (χ0) is 18.1. The maximum Gasteiger partial charge on any atom is 0.162 e. The third kappa shape index (κ3) is 3.21. The Hall–Kier alpha value is -3.06. The van der Waals surface area contributed by atoms with Crippen molar-refractivity contribution < 1.29 is 0 Å². The molecule has 5 rings (SSSR count). The van der Waals surface area contributed by atoms with Gasteiger partial charge in [-0.1, -0.05) is 6.07 Å². The first-order valence-electron chi connectivity index (χ1n) is 9.01. The van der Waals surface area contributed by atoms with Crippen LogP contribution < -0.4 is 10.2 Å². The topological polar surface area (TPSA) is 66.8 Å². The number of thiophene rings is 1. The minimum absolute atomic E-state index is 0.725. The Morgan fingerprint density at radius 1 is 0.926 bits per heavy atom. The third-order valence-corrected chi connectivity index (χ3v) is 5.53.